The van der Waals surface area contributed by atoms with Crippen molar-refractivity contribution in [1.82, 2.24) is 30.8 Å². The Hall–Kier alpha value is -4.83. The van der Waals surface area contributed by atoms with E-state index in [-0.39, 0.29) is 18.2 Å². The number of hydrogen-bond donors (Lipinski definition) is 3. The maximum atomic E-state index is 13.3. The first-order chi connectivity index (χ1) is 19.0. The highest BCUT2D eigenvalue weighted by atomic mass is 35.5. The molecule has 0 saturated heterocycles. The molecule has 2 heterocycles. The van der Waals surface area contributed by atoms with Crippen molar-refractivity contribution in [2.75, 3.05) is 11.9 Å². The lowest BCUT2D eigenvalue weighted by Gasteiger charge is -2.20. The zero-order valence-electron chi connectivity index (χ0n) is 20.7. The molecule has 39 heavy (non-hydrogen) atoms. The number of aromatic nitrogens is 4. The molecule has 1 aliphatic heterocycles. The van der Waals surface area contributed by atoms with Crippen LogP contribution in [0.3, 0.4) is 0 Å². The molecule has 4 aromatic rings. The molecule has 0 spiro atoms. The van der Waals surface area contributed by atoms with Gasteiger partial charge in [-0.1, -0.05) is 41.9 Å². The van der Waals surface area contributed by atoms with Crippen molar-refractivity contribution in [2.24, 2.45) is 0 Å². The van der Waals surface area contributed by atoms with Crippen molar-refractivity contribution >= 4 is 41.1 Å². The predicted octanol–water partition coefficient (Wildman–Crippen LogP) is 2.98. The number of hydrogen-bond acceptors (Lipinski definition) is 6. The van der Waals surface area contributed by atoms with Gasteiger partial charge < -0.3 is 16.0 Å². The Bertz CT molecular complexity index is 1540. The summed E-state index contributed by atoms with van der Waals surface area (Å²) in [6, 6.07) is 18.9. The van der Waals surface area contributed by atoms with Gasteiger partial charge in [-0.3, -0.25) is 14.4 Å². The number of tetrazole rings is 1. The number of benzene rings is 3. The number of carbonyl (C=O) groups excluding carboxylic acids is 3. The highest BCUT2D eigenvalue weighted by Crippen LogP contribution is 2.21. The van der Waals surface area contributed by atoms with Crippen molar-refractivity contribution < 1.29 is 14.4 Å². The molecule has 10 nitrogen and oxygen atoms in total. The van der Waals surface area contributed by atoms with Crippen molar-refractivity contribution in [3.63, 3.8) is 0 Å². The van der Waals surface area contributed by atoms with Gasteiger partial charge in [-0.25, -0.2) is 0 Å². The monoisotopic (exact) mass is 541 g/mol. The lowest BCUT2D eigenvalue weighted by Crippen LogP contribution is -2.44. The van der Waals surface area contributed by atoms with Crippen LogP contribution in [0.2, 0.25) is 5.02 Å². The summed E-state index contributed by atoms with van der Waals surface area (Å²) in [5, 5.41) is 20.2. The summed E-state index contributed by atoms with van der Waals surface area (Å²) in [5.74, 6) is -0.966. The van der Waals surface area contributed by atoms with Gasteiger partial charge in [0, 0.05) is 40.9 Å². The summed E-state index contributed by atoms with van der Waals surface area (Å²) in [4.78, 5) is 38.4. The predicted molar refractivity (Wildman–Crippen MR) is 146 cm³/mol. The van der Waals surface area contributed by atoms with E-state index in [4.69, 9.17) is 11.6 Å². The minimum Gasteiger partial charge on any atom is -0.352 e. The lowest BCUT2D eigenvalue weighted by molar-refractivity contribution is -0.123. The highest BCUT2D eigenvalue weighted by Gasteiger charge is 2.22. The fraction of sp³-hybridized carbons (Fsp3) is 0.143. The minimum atomic E-state index is -0.859. The molecule has 196 valence electrons. The van der Waals surface area contributed by atoms with Crippen molar-refractivity contribution in [3.05, 3.63) is 106 Å². The Morgan fingerprint density at radius 2 is 1.95 bits per heavy atom. The SMILES string of the molecule is O=C(C=Cc1cc(Cl)ccc1-n1cnnn1)N[C@@H](Cc1ccccc1)C(=O)Nc1ccc2c(c1)CCNC2=O. The Labute approximate surface area is 229 Å². The molecule has 0 bridgehead atoms. The van der Waals surface area contributed by atoms with Crippen LogP contribution in [0.5, 0.6) is 0 Å². The maximum absolute atomic E-state index is 13.3. The largest absolute Gasteiger partial charge is 0.352 e. The smallest absolute Gasteiger partial charge is 0.251 e. The molecule has 0 radical (unpaired) electrons. The second-order valence-corrected chi connectivity index (χ2v) is 9.35. The number of anilines is 1. The van der Waals surface area contributed by atoms with Gasteiger partial charge in [0.05, 0.1) is 5.69 Å². The van der Waals surface area contributed by atoms with E-state index in [0.29, 0.717) is 40.5 Å². The summed E-state index contributed by atoms with van der Waals surface area (Å²) >= 11 is 6.17. The number of fused-ring (bicyclic) bond motifs is 1. The minimum absolute atomic E-state index is 0.127. The van der Waals surface area contributed by atoms with E-state index in [1.165, 1.54) is 17.1 Å². The molecule has 5 rings (SSSR count). The van der Waals surface area contributed by atoms with Crippen LogP contribution in [0.25, 0.3) is 11.8 Å². The summed E-state index contributed by atoms with van der Waals surface area (Å²) in [6.07, 6.45) is 5.32. The van der Waals surface area contributed by atoms with Gasteiger partial charge in [0.15, 0.2) is 0 Å². The molecule has 3 aromatic carbocycles. The quantitative estimate of drug-likeness (QED) is 0.294. The number of amides is 3. The molecule has 1 aliphatic rings. The van der Waals surface area contributed by atoms with Gasteiger partial charge in [-0.2, -0.15) is 4.68 Å². The Kier molecular flexibility index (Phi) is 7.74. The van der Waals surface area contributed by atoms with Crippen molar-refractivity contribution in [3.8, 4) is 5.69 Å². The first-order valence-electron chi connectivity index (χ1n) is 12.2. The van der Waals surface area contributed by atoms with Gasteiger partial charge in [-0.05, 0) is 70.4 Å². The Morgan fingerprint density at radius 1 is 1.10 bits per heavy atom. The van der Waals surface area contributed by atoms with E-state index in [2.05, 4.69) is 31.5 Å². The second-order valence-electron chi connectivity index (χ2n) is 8.91. The summed E-state index contributed by atoms with van der Waals surface area (Å²) in [5.41, 5.74) is 4.16. The first-order valence-corrected chi connectivity index (χ1v) is 12.6. The van der Waals surface area contributed by atoms with Crippen LogP contribution in [0.4, 0.5) is 5.69 Å². The van der Waals surface area contributed by atoms with Gasteiger partial charge in [-0.15, -0.1) is 5.10 Å². The molecule has 1 aromatic heterocycles. The molecule has 0 saturated carbocycles. The van der Waals surface area contributed by atoms with E-state index in [1.807, 2.05) is 30.3 Å². The Morgan fingerprint density at radius 3 is 2.74 bits per heavy atom. The topological polar surface area (TPSA) is 131 Å². The average molecular weight is 542 g/mol. The third kappa shape index (κ3) is 6.36. The van der Waals surface area contributed by atoms with E-state index in [0.717, 1.165) is 11.1 Å². The molecule has 3 N–H and O–H groups in total. The fourth-order valence-corrected chi connectivity index (χ4v) is 4.50. The van der Waals surface area contributed by atoms with Crippen molar-refractivity contribution in [1.29, 1.82) is 0 Å². The summed E-state index contributed by atoms with van der Waals surface area (Å²) in [7, 11) is 0. The lowest BCUT2D eigenvalue weighted by atomic mass is 9.99. The zero-order valence-corrected chi connectivity index (χ0v) is 21.4. The Balaban J connectivity index is 1.34. The van der Waals surface area contributed by atoms with Crippen LogP contribution in [-0.4, -0.2) is 50.5 Å². The molecule has 1 atom stereocenters. The highest BCUT2D eigenvalue weighted by molar-refractivity contribution is 6.30. The number of nitrogens with one attached hydrogen (secondary N) is 3. The van der Waals surface area contributed by atoms with E-state index in [1.54, 1.807) is 42.5 Å². The van der Waals surface area contributed by atoms with Crippen LogP contribution < -0.4 is 16.0 Å². The molecule has 0 aliphatic carbocycles. The first kappa shape index (κ1) is 25.8. The third-order valence-electron chi connectivity index (χ3n) is 6.21. The summed E-state index contributed by atoms with van der Waals surface area (Å²) < 4.78 is 1.46. The van der Waals surface area contributed by atoms with Crippen LogP contribution in [0.1, 0.15) is 27.0 Å². The zero-order chi connectivity index (χ0) is 27.2. The summed E-state index contributed by atoms with van der Waals surface area (Å²) in [6.45, 7) is 0.546. The fourth-order valence-electron chi connectivity index (χ4n) is 4.32. The standard InChI is InChI=1S/C28H24ClN7O3/c29-21-7-10-25(36-17-31-34-35-36)20(15-21)6-11-26(37)33-24(14-18-4-2-1-3-5-18)28(39)32-22-8-9-23-19(16-22)12-13-30-27(23)38/h1-11,15-17,24H,12-14H2,(H,30,38)(H,32,39)(H,33,37)/t24-/m0/s1. The van der Waals surface area contributed by atoms with Gasteiger partial charge in [0.25, 0.3) is 5.91 Å². The van der Waals surface area contributed by atoms with E-state index in [9.17, 15) is 14.4 Å². The van der Waals surface area contributed by atoms with Gasteiger partial charge in [0.1, 0.15) is 12.4 Å². The molecule has 0 unspecified atom stereocenters. The molecular formula is C28H24ClN7O3. The number of nitrogens with zero attached hydrogens (tertiary/aromatic N) is 4. The normalized spacial score (nSPS) is 13.4. The molecule has 11 heteroatoms. The van der Waals surface area contributed by atoms with E-state index >= 15 is 0 Å². The average Bonchev–Trinajstić information content (AvgIpc) is 3.47. The number of halogens is 1. The van der Waals surface area contributed by atoms with Gasteiger partial charge >= 0.3 is 0 Å². The molecule has 3 amide bonds. The van der Waals surface area contributed by atoms with Crippen LogP contribution in [0.15, 0.2) is 79.1 Å². The molecule has 0 fully saturated rings. The van der Waals surface area contributed by atoms with Crippen LogP contribution in [-0.2, 0) is 22.4 Å². The van der Waals surface area contributed by atoms with Crippen LogP contribution >= 0.6 is 11.6 Å². The second kappa shape index (κ2) is 11.7. The van der Waals surface area contributed by atoms with E-state index < -0.39 is 11.9 Å². The number of rotatable bonds is 8. The maximum Gasteiger partial charge on any atom is 0.251 e. The molecular weight excluding hydrogens is 518 g/mol. The van der Waals surface area contributed by atoms with Crippen LogP contribution in [0, 0.1) is 0 Å². The van der Waals surface area contributed by atoms with Gasteiger partial charge in [0.2, 0.25) is 11.8 Å². The van der Waals surface area contributed by atoms with Crippen molar-refractivity contribution in [2.45, 2.75) is 18.9 Å². The third-order valence-corrected chi connectivity index (χ3v) is 6.45. The number of carbonyl (C=O) groups is 3.